The molecule has 0 aliphatic heterocycles. The van der Waals surface area contributed by atoms with E-state index in [4.69, 9.17) is 0 Å². The Morgan fingerprint density at radius 3 is 2.07 bits per heavy atom. The van der Waals surface area contributed by atoms with Crippen molar-refractivity contribution in [2.45, 2.75) is 19.8 Å². The molecular formula is C27H21F2N. The van der Waals surface area contributed by atoms with Crippen LogP contribution in [0, 0.1) is 23.5 Å². The molecule has 30 heavy (non-hydrogen) atoms. The predicted octanol–water partition coefficient (Wildman–Crippen LogP) is 7.38. The number of halogens is 2. The molecular weight excluding hydrogens is 376 g/mol. The van der Waals surface area contributed by atoms with Crippen molar-refractivity contribution in [3.8, 4) is 23.0 Å². The van der Waals surface area contributed by atoms with E-state index in [0.717, 1.165) is 35.5 Å². The number of allylic oxidation sites excluding steroid dienone is 3. The number of benzene rings is 3. The Hall–Kier alpha value is -3.64. The molecule has 3 aromatic carbocycles. The van der Waals surface area contributed by atoms with E-state index in [-0.39, 0.29) is 5.56 Å². The number of para-hydroxylation sites is 1. The molecule has 0 bridgehead atoms. The Morgan fingerprint density at radius 1 is 0.800 bits per heavy atom. The maximum Gasteiger partial charge on any atom is 0.142 e. The highest BCUT2D eigenvalue weighted by Crippen LogP contribution is 2.34. The van der Waals surface area contributed by atoms with Gasteiger partial charge in [-0.2, -0.15) is 0 Å². The summed E-state index contributed by atoms with van der Waals surface area (Å²) in [6.45, 7) is 1.56. The van der Waals surface area contributed by atoms with Crippen molar-refractivity contribution >= 4 is 11.4 Å². The highest BCUT2D eigenvalue weighted by atomic mass is 19.1. The number of anilines is 2. The lowest BCUT2D eigenvalue weighted by Gasteiger charge is -2.27. The second-order valence-electron chi connectivity index (χ2n) is 7.02. The van der Waals surface area contributed by atoms with Gasteiger partial charge in [-0.15, -0.1) is 5.92 Å². The van der Waals surface area contributed by atoms with Crippen LogP contribution in [0.3, 0.4) is 0 Å². The standard InChI is InChI=1S/C27H21F2N/c1-2-9-25-26(28)18-21(19-27(25)29)20-14-16-24(17-15-20)30(22-10-5-3-6-11-22)23-12-7-4-8-13-23/h3,5-7,10-19H,4,8H2,1H3. The third kappa shape index (κ3) is 4.04. The summed E-state index contributed by atoms with van der Waals surface area (Å²) >= 11 is 0. The van der Waals surface area contributed by atoms with Crippen LogP contribution in [0.15, 0.2) is 90.7 Å². The van der Waals surface area contributed by atoms with Gasteiger partial charge in [0.2, 0.25) is 0 Å². The lowest BCUT2D eigenvalue weighted by molar-refractivity contribution is 0.578. The molecule has 0 unspecified atom stereocenters. The number of nitrogens with zero attached hydrogens (tertiary/aromatic N) is 1. The first kappa shape index (κ1) is 19.7. The maximum absolute atomic E-state index is 14.3. The molecule has 0 atom stereocenters. The van der Waals surface area contributed by atoms with E-state index in [1.165, 1.54) is 12.1 Å². The molecule has 0 radical (unpaired) electrons. The third-order valence-corrected chi connectivity index (χ3v) is 5.00. The number of rotatable bonds is 4. The fourth-order valence-electron chi connectivity index (χ4n) is 3.58. The van der Waals surface area contributed by atoms with Crippen LogP contribution in [0.2, 0.25) is 0 Å². The van der Waals surface area contributed by atoms with Crippen LogP contribution in [0.25, 0.3) is 11.1 Å². The van der Waals surface area contributed by atoms with Gasteiger partial charge >= 0.3 is 0 Å². The van der Waals surface area contributed by atoms with Crippen molar-refractivity contribution in [3.63, 3.8) is 0 Å². The first-order chi connectivity index (χ1) is 14.7. The molecule has 0 aromatic heterocycles. The third-order valence-electron chi connectivity index (χ3n) is 5.00. The molecule has 0 saturated heterocycles. The maximum atomic E-state index is 14.3. The summed E-state index contributed by atoms with van der Waals surface area (Å²) in [6, 6.07) is 20.5. The van der Waals surface area contributed by atoms with Gasteiger partial charge in [0.05, 0.1) is 5.56 Å². The Bertz CT molecular complexity index is 1140. The molecule has 0 fully saturated rings. The molecule has 4 rings (SSSR count). The van der Waals surface area contributed by atoms with Crippen LogP contribution in [-0.2, 0) is 0 Å². The largest absolute Gasteiger partial charge is 0.311 e. The van der Waals surface area contributed by atoms with E-state index in [1.54, 1.807) is 6.92 Å². The lowest BCUT2D eigenvalue weighted by Crippen LogP contribution is -2.16. The molecule has 148 valence electrons. The highest BCUT2D eigenvalue weighted by Gasteiger charge is 2.15. The summed E-state index contributed by atoms with van der Waals surface area (Å²) in [7, 11) is 0. The minimum absolute atomic E-state index is 0.191. The van der Waals surface area contributed by atoms with E-state index >= 15 is 0 Å². The Morgan fingerprint density at radius 2 is 1.47 bits per heavy atom. The lowest BCUT2D eigenvalue weighted by atomic mass is 10.0. The van der Waals surface area contributed by atoms with Gasteiger partial charge in [-0.25, -0.2) is 8.78 Å². The van der Waals surface area contributed by atoms with Crippen LogP contribution < -0.4 is 4.90 Å². The van der Waals surface area contributed by atoms with Crippen molar-refractivity contribution in [3.05, 3.63) is 108 Å². The molecule has 3 heteroatoms. The number of hydrogen-bond acceptors (Lipinski definition) is 1. The first-order valence-corrected chi connectivity index (χ1v) is 9.91. The summed E-state index contributed by atoms with van der Waals surface area (Å²) in [5.41, 5.74) is 4.19. The molecule has 1 aliphatic rings. The monoisotopic (exact) mass is 397 g/mol. The van der Waals surface area contributed by atoms with E-state index in [0.29, 0.717) is 5.56 Å². The van der Waals surface area contributed by atoms with Crippen LogP contribution >= 0.6 is 0 Å². The second-order valence-corrected chi connectivity index (χ2v) is 7.02. The fraction of sp³-hybridized carbons (Fsp3) is 0.111. The van der Waals surface area contributed by atoms with Crippen LogP contribution in [0.5, 0.6) is 0 Å². The van der Waals surface area contributed by atoms with Crippen LogP contribution in [-0.4, -0.2) is 0 Å². The summed E-state index contributed by atoms with van der Waals surface area (Å²) in [4.78, 5) is 2.18. The SMILES string of the molecule is CC#Cc1c(F)cc(-c2ccc(N(C3=CCCC=C3)c3ccccc3)cc2)cc1F. The Labute approximate surface area is 176 Å². The van der Waals surface area contributed by atoms with Gasteiger partial charge in [-0.3, -0.25) is 0 Å². The molecule has 0 saturated carbocycles. The summed E-state index contributed by atoms with van der Waals surface area (Å²) in [5.74, 6) is 3.73. The topological polar surface area (TPSA) is 3.24 Å². The van der Waals surface area contributed by atoms with Crippen molar-refractivity contribution in [2.24, 2.45) is 0 Å². The number of hydrogen-bond donors (Lipinski definition) is 0. The summed E-state index contributed by atoms with van der Waals surface area (Å²) in [6.07, 6.45) is 8.56. The normalized spacial score (nSPS) is 12.7. The zero-order valence-corrected chi connectivity index (χ0v) is 16.7. The van der Waals surface area contributed by atoms with E-state index in [9.17, 15) is 8.78 Å². The highest BCUT2D eigenvalue weighted by molar-refractivity contribution is 5.74. The van der Waals surface area contributed by atoms with E-state index in [1.807, 2.05) is 42.5 Å². The quantitative estimate of drug-likeness (QED) is 0.415. The second kappa shape index (κ2) is 8.80. The minimum atomic E-state index is -0.646. The molecule has 1 nitrogen and oxygen atoms in total. The summed E-state index contributed by atoms with van der Waals surface area (Å²) in [5, 5.41) is 0. The van der Waals surface area contributed by atoms with Gasteiger partial charge in [0.25, 0.3) is 0 Å². The van der Waals surface area contributed by atoms with Gasteiger partial charge in [0.15, 0.2) is 0 Å². The van der Waals surface area contributed by atoms with E-state index < -0.39 is 11.6 Å². The molecule has 0 N–H and O–H groups in total. The van der Waals surface area contributed by atoms with Crippen molar-refractivity contribution in [1.82, 2.24) is 0 Å². The minimum Gasteiger partial charge on any atom is -0.311 e. The molecule has 0 spiro atoms. The van der Waals surface area contributed by atoms with Gasteiger partial charge in [0.1, 0.15) is 11.6 Å². The predicted molar refractivity (Wildman–Crippen MR) is 119 cm³/mol. The average Bonchev–Trinajstić information content (AvgIpc) is 2.78. The summed E-state index contributed by atoms with van der Waals surface area (Å²) < 4.78 is 28.6. The van der Waals surface area contributed by atoms with Crippen molar-refractivity contribution in [2.75, 3.05) is 4.90 Å². The van der Waals surface area contributed by atoms with Gasteiger partial charge in [0, 0.05) is 17.1 Å². The van der Waals surface area contributed by atoms with Crippen molar-refractivity contribution in [1.29, 1.82) is 0 Å². The smallest absolute Gasteiger partial charge is 0.142 e. The van der Waals surface area contributed by atoms with Gasteiger partial charge < -0.3 is 4.90 Å². The Kier molecular flexibility index (Phi) is 5.77. The molecule has 0 heterocycles. The van der Waals surface area contributed by atoms with Crippen molar-refractivity contribution < 1.29 is 8.78 Å². The fourth-order valence-corrected chi connectivity index (χ4v) is 3.58. The first-order valence-electron chi connectivity index (χ1n) is 9.91. The Balaban J connectivity index is 1.72. The molecule has 0 amide bonds. The average molecular weight is 397 g/mol. The van der Waals surface area contributed by atoms with E-state index in [2.05, 4.69) is 47.1 Å². The van der Waals surface area contributed by atoms with Crippen LogP contribution in [0.1, 0.15) is 25.3 Å². The zero-order valence-electron chi connectivity index (χ0n) is 16.7. The zero-order chi connectivity index (χ0) is 20.9. The van der Waals surface area contributed by atoms with Gasteiger partial charge in [-0.05, 0) is 73.4 Å². The van der Waals surface area contributed by atoms with Gasteiger partial charge in [-0.1, -0.05) is 48.4 Å². The van der Waals surface area contributed by atoms with Crippen LogP contribution in [0.4, 0.5) is 20.2 Å². The molecule has 3 aromatic rings. The molecule has 1 aliphatic carbocycles.